The number of benzene rings is 1. The van der Waals surface area contributed by atoms with E-state index in [2.05, 4.69) is 0 Å². The Labute approximate surface area is 127 Å². The molecule has 1 aliphatic carbocycles. The van der Waals surface area contributed by atoms with Crippen LogP contribution in [0, 0.1) is 0 Å². The molecule has 0 aliphatic heterocycles. The maximum absolute atomic E-state index is 11.1. The molecule has 0 amide bonds. The van der Waals surface area contributed by atoms with E-state index in [1.54, 1.807) is 6.92 Å². The number of aliphatic carboxylic acids is 1. The summed E-state index contributed by atoms with van der Waals surface area (Å²) in [6.45, 7) is 1.73. The van der Waals surface area contributed by atoms with Crippen LogP contribution in [-0.2, 0) is 11.2 Å². The van der Waals surface area contributed by atoms with Gasteiger partial charge in [-0.3, -0.25) is 9.78 Å². The molecule has 0 fully saturated rings. The Kier molecular flexibility index (Phi) is 3.76. The molecule has 0 spiro atoms. The molecule has 1 aliphatic rings. The number of hydrogen-bond donors (Lipinski definition) is 2. The van der Waals surface area contributed by atoms with Crippen LogP contribution in [0.25, 0.3) is 10.9 Å². The maximum atomic E-state index is 11.1. The first kappa shape index (κ1) is 14.2. The molecule has 5 heteroatoms. The predicted octanol–water partition coefficient (Wildman–Crippen LogP) is 3.40. The minimum absolute atomic E-state index is 0.122. The zero-order valence-corrected chi connectivity index (χ0v) is 12.7. The second-order valence-electron chi connectivity index (χ2n) is 5.40. The van der Waals surface area contributed by atoms with Crippen LogP contribution in [0.3, 0.4) is 0 Å². The van der Waals surface area contributed by atoms with Crippen molar-refractivity contribution >= 4 is 34.3 Å². The number of carbonyl (C=O) groups is 1. The van der Waals surface area contributed by atoms with Gasteiger partial charge in [0.05, 0.1) is 5.52 Å². The number of fused-ring (bicyclic) bond motifs is 2. The molecule has 3 rings (SSSR count). The molecule has 2 atom stereocenters. The van der Waals surface area contributed by atoms with Gasteiger partial charge in [-0.2, -0.15) is 0 Å². The summed E-state index contributed by atoms with van der Waals surface area (Å²) in [6.07, 6.45) is 2.91. The van der Waals surface area contributed by atoms with Crippen LogP contribution in [0.5, 0.6) is 0 Å². The molecular formula is C16H18N2O2S. The van der Waals surface area contributed by atoms with Crippen LogP contribution < -0.4 is 5.73 Å². The molecule has 0 saturated carbocycles. The smallest absolute Gasteiger partial charge is 0.316 e. The van der Waals surface area contributed by atoms with E-state index in [1.807, 2.05) is 24.3 Å². The maximum Gasteiger partial charge on any atom is 0.316 e. The number of hydrogen-bond acceptors (Lipinski definition) is 4. The largest absolute Gasteiger partial charge is 0.480 e. The predicted molar refractivity (Wildman–Crippen MR) is 86.5 cm³/mol. The Hall–Kier alpha value is -1.75. The second-order valence-corrected chi connectivity index (χ2v) is 6.95. The summed E-state index contributed by atoms with van der Waals surface area (Å²) in [5.41, 5.74) is 10.2. The quantitative estimate of drug-likeness (QED) is 0.908. The van der Waals surface area contributed by atoms with Crippen molar-refractivity contribution in [3.8, 4) is 0 Å². The average molecular weight is 302 g/mol. The van der Waals surface area contributed by atoms with Crippen molar-refractivity contribution in [1.82, 2.24) is 4.98 Å². The summed E-state index contributed by atoms with van der Waals surface area (Å²) in [7, 11) is 0. The second kappa shape index (κ2) is 5.56. The molecule has 110 valence electrons. The number of aryl methyl sites for hydroxylation is 1. The van der Waals surface area contributed by atoms with Crippen LogP contribution in [0.4, 0.5) is 5.69 Å². The van der Waals surface area contributed by atoms with Gasteiger partial charge in [0, 0.05) is 27.6 Å². The van der Waals surface area contributed by atoms with Crippen molar-refractivity contribution in [2.24, 2.45) is 0 Å². The Morgan fingerprint density at radius 2 is 2.24 bits per heavy atom. The molecule has 1 aromatic carbocycles. The first-order valence-electron chi connectivity index (χ1n) is 7.13. The van der Waals surface area contributed by atoms with Gasteiger partial charge in [-0.15, -0.1) is 11.8 Å². The van der Waals surface area contributed by atoms with Crippen LogP contribution in [0.1, 0.15) is 36.3 Å². The van der Waals surface area contributed by atoms with Crippen LogP contribution >= 0.6 is 11.8 Å². The Balaban J connectivity index is 2.07. The van der Waals surface area contributed by atoms with Crippen molar-refractivity contribution < 1.29 is 9.90 Å². The number of aromatic nitrogens is 1. The van der Waals surface area contributed by atoms with Crippen LogP contribution in [0.2, 0.25) is 0 Å². The monoisotopic (exact) mass is 302 g/mol. The molecule has 0 bridgehead atoms. The Morgan fingerprint density at radius 3 is 3.00 bits per heavy atom. The molecular weight excluding hydrogens is 284 g/mol. The van der Waals surface area contributed by atoms with Crippen molar-refractivity contribution in [3.05, 3.63) is 35.5 Å². The first-order chi connectivity index (χ1) is 10.1. The number of anilines is 1. The van der Waals surface area contributed by atoms with Gasteiger partial charge >= 0.3 is 5.97 Å². The highest BCUT2D eigenvalue weighted by atomic mass is 32.2. The molecule has 0 radical (unpaired) electrons. The summed E-state index contributed by atoms with van der Waals surface area (Å²) in [5.74, 6) is -0.778. The van der Waals surface area contributed by atoms with Gasteiger partial charge in [0.15, 0.2) is 0 Å². The third-order valence-electron chi connectivity index (χ3n) is 3.97. The molecule has 4 nitrogen and oxygen atoms in total. The SMILES string of the molecule is CC(SC1CCCc2nc3ccccc3c(N)c21)C(=O)O. The number of carboxylic acid groups (broad SMARTS) is 1. The van der Waals surface area contributed by atoms with Crippen molar-refractivity contribution in [2.75, 3.05) is 5.73 Å². The van der Waals surface area contributed by atoms with Gasteiger partial charge in [0.1, 0.15) is 5.25 Å². The summed E-state index contributed by atoms with van der Waals surface area (Å²) in [6, 6.07) is 7.87. The molecule has 2 aromatic rings. The average Bonchev–Trinajstić information content (AvgIpc) is 2.47. The molecule has 1 heterocycles. The number of nitrogens with two attached hydrogens (primary N) is 1. The van der Waals surface area contributed by atoms with Crippen LogP contribution in [-0.4, -0.2) is 21.3 Å². The van der Waals surface area contributed by atoms with Crippen molar-refractivity contribution in [3.63, 3.8) is 0 Å². The molecule has 3 N–H and O–H groups in total. The lowest BCUT2D eigenvalue weighted by molar-refractivity contribution is -0.136. The van der Waals surface area contributed by atoms with E-state index < -0.39 is 11.2 Å². The molecule has 0 saturated heterocycles. The standard InChI is InChI=1S/C16H18N2O2S/c1-9(16(19)20)21-13-8-4-7-12-14(13)15(17)10-5-2-3-6-11(10)18-12/h2-3,5-6,9,13H,4,7-8H2,1H3,(H2,17,18)(H,19,20). The van der Waals surface area contributed by atoms with E-state index in [1.165, 1.54) is 11.8 Å². The van der Waals surface area contributed by atoms with Gasteiger partial charge < -0.3 is 10.8 Å². The van der Waals surface area contributed by atoms with E-state index in [0.717, 1.165) is 47.1 Å². The fraction of sp³-hybridized carbons (Fsp3) is 0.375. The van der Waals surface area contributed by atoms with Gasteiger partial charge in [-0.05, 0) is 32.3 Å². The normalized spacial score (nSPS) is 19.2. The lowest BCUT2D eigenvalue weighted by Crippen LogP contribution is -2.18. The van der Waals surface area contributed by atoms with Gasteiger partial charge in [-0.25, -0.2) is 0 Å². The van der Waals surface area contributed by atoms with Crippen LogP contribution in [0.15, 0.2) is 24.3 Å². The zero-order chi connectivity index (χ0) is 15.0. The highest BCUT2D eigenvalue weighted by molar-refractivity contribution is 8.00. The number of rotatable bonds is 3. The molecule has 2 unspecified atom stereocenters. The summed E-state index contributed by atoms with van der Waals surface area (Å²) >= 11 is 1.47. The van der Waals surface area contributed by atoms with E-state index in [-0.39, 0.29) is 5.25 Å². The number of pyridine rings is 1. The number of carboxylic acids is 1. The van der Waals surface area contributed by atoms with Gasteiger partial charge in [0.25, 0.3) is 0 Å². The summed E-state index contributed by atoms with van der Waals surface area (Å²) in [5, 5.41) is 9.78. The van der Waals surface area contributed by atoms with Crippen molar-refractivity contribution in [2.45, 2.75) is 36.7 Å². The van der Waals surface area contributed by atoms with Gasteiger partial charge in [-0.1, -0.05) is 18.2 Å². The fourth-order valence-electron chi connectivity index (χ4n) is 2.89. The van der Waals surface area contributed by atoms with E-state index >= 15 is 0 Å². The lowest BCUT2D eigenvalue weighted by atomic mass is 9.92. The summed E-state index contributed by atoms with van der Waals surface area (Å²) in [4.78, 5) is 15.9. The lowest BCUT2D eigenvalue weighted by Gasteiger charge is -2.27. The highest BCUT2D eigenvalue weighted by Crippen LogP contribution is 2.45. The number of nitrogen functional groups attached to an aromatic ring is 1. The number of nitrogens with zero attached hydrogens (tertiary/aromatic N) is 1. The fourth-order valence-corrected chi connectivity index (χ4v) is 4.21. The Morgan fingerprint density at radius 1 is 1.48 bits per heavy atom. The third-order valence-corrected chi connectivity index (χ3v) is 5.38. The number of para-hydroxylation sites is 1. The zero-order valence-electron chi connectivity index (χ0n) is 11.9. The van der Waals surface area contributed by atoms with E-state index in [0.29, 0.717) is 0 Å². The van der Waals surface area contributed by atoms with Gasteiger partial charge in [0.2, 0.25) is 0 Å². The van der Waals surface area contributed by atoms with Crippen molar-refractivity contribution in [1.29, 1.82) is 0 Å². The minimum Gasteiger partial charge on any atom is -0.480 e. The first-order valence-corrected chi connectivity index (χ1v) is 8.07. The topological polar surface area (TPSA) is 76.2 Å². The number of thioether (sulfide) groups is 1. The third kappa shape index (κ3) is 2.58. The summed E-state index contributed by atoms with van der Waals surface area (Å²) < 4.78 is 0. The van der Waals surface area contributed by atoms with E-state index in [9.17, 15) is 4.79 Å². The highest BCUT2D eigenvalue weighted by Gasteiger charge is 2.28. The van der Waals surface area contributed by atoms with E-state index in [4.69, 9.17) is 15.8 Å². The molecule has 21 heavy (non-hydrogen) atoms. The molecule has 1 aromatic heterocycles. The Bertz CT molecular complexity index is 702. The minimum atomic E-state index is -0.778.